The van der Waals surface area contributed by atoms with Crippen LogP contribution in [0.25, 0.3) is 0 Å². The molecule has 4 N–H and O–H groups in total. The largest absolute Gasteiger partial charge is 0.454 e. The monoisotopic (exact) mass is 876 g/mol. The van der Waals surface area contributed by atoms with Gasteiger partial charge in [0, 0.05) is 40.7 Å². The van der Waals surface area contributed by atoms with E-state index in [4.69, 9.17) is 9.47 Å². The Morgan fingerprint density at radius 2 is 0.938 bits per heavy atom. The van der Waals surface area contributed by atoms with Crippen LogP contribution < -0.4 is 21.3 Å². The first-order valence-corrected chi connectivity index (χ1v) is 20.2. The molecule has 0 fully saturated rings. The molecule has 0 aromatic heterocycles. The van der Waals surface area contributed by atoms with Crippen LogP contribution in [-0.2, 0) is 24.5 Å². The fourth-order valence-electron chi connectivity index (χ4n) is 6.33. The van der Waals surface area contributed by atoms with Gasteiger partial charge in [-0.2, -0.15) is 0 Å². The van der Waals surface area contributed by atoms with E-state index >= 15 is 0 Å². The fraction of sp³-hybridized carbons (Fsp3) is 0.176. The Morgan fingerprint density at radius 1 is 0.508 bits per heavy atom. The number of Topliss-reactive ketones (excluding diaryl/α,β-unsaturated/α-hetero) is 2. The summed E-state index contributed by atoms with van der Waals surface area (Å²) in [6, 6.07) is 28.8. The van der Waals surface area contributed by atoms with Crippen molar-refractivity contribution >= 4 is 64.2 Å². The van der Waals surface area contributed by atoms with Gasteiger partial charge in [-0.05, 0) is 122 Å². The normalized spacial score (nSPS) is 10.7. The summed E-state index contributed by atoms with van der Waals surface area (Å²) in [5.41, 5.74) is 2.80. The number of ketones is 2. The van der Waals surface area contributed by atoms with Crippen LogP contribution in [0.15, 0.2) is 133 Å². The number of anilines is 3. The maximum absolute atomic E-state index is 14.2. The van der Waals surface area contributed by atoms with Crippen molar-refractivity contribution in [3.63, 3.8) is 0 Å². The van der Waals surface area contributed by atoms with Gasteiger partial charge in [0.25, 0.3) is 23.6 Å². The highest BCUT2D eigenvalue weighted by Crippen LogP contribution is 2.35. The maximum Gasteiger partial charge on any atom is 0.339 e. The number of hydrogen-bond acceptors (Lipinski definition) is 10. The minimum absolute atomic E-state index is 0.0329. The van der Waals surface area contributed by atoms with Crippen molar-refractivity contribution < 1.29 is 47.8 Å². The molecule has 14 heteroatoms. The number of amides is 4. The van der Waals surface area contributed by atoms with Gasteiger partial charge in [0.1, 0.15) is 0 Å². The second-order valence-electron chi connectivity index (χ2n) is 15.7. The van der Waals surface area contributed by atoms with Crippen LogP contribution in [0.3, 0.4) is 0 Å². The van der Waals surface area contributed by atoms with Gasteiger partial charge in [-0.1, -0.05) is 62.9 Å². The fourth-order valence-corrected chi connectivity index (χ4v) is 6.33. The Hall–Kier alpha value is -8.26. The second kappa shape index (κ2) is 20.7. The number of esters is 2. The number of carbonyl (C=O) groups excluding carboxylic acids is 8. The molecule has 4 amide bonds. The van der Waals surface area contributed by atoms with Gasteiger partial charge in [-0.15, -0.1) is 0 Å². The Bertz CT molecular complexity index is 2770. The number of carbonyl (C=O) groups is 8. The molecular weight excluding hydrogens is 829 g/mol. The average Bonchev–Trinajstić information content (AvgIpc) is 3.29. The zero-order valence-corrected chi connectivity index (χ0v) is 36.8. The summed E-state index contributed by atoms with van der Waals surface area (Å²) in [5, 5.41) is 10.9. The summed E-state index contributed by atoms with van der Waals surface area (Å²) in [5.74, 6) is -4.98. The van der Waals surface area contributed by atoms with Gasteiger partial charge >= 0.3 is 11.9 Å². The highest BCUT2D eigenvalue weighted by atomic mass is 16.5. The van der Waals surface area contributed by atoms with E-state index in [0.717, 1.165) is 5.56 Å². The van der Waals surface area contributed by atoms with E-state index in [9.17, 15) is 38.4 Å². The second-order valence-corrected chi connectivity index (χ2v) is 15.7. The van der Waals surface area contributed by atoms with Crippen molar-refractivity contribution in [3.8, 4) is 0 Å². The third-order valence-electron chi connectivity index (χ3n) is 10.3. The highest BCUT2D eigenvalue weighted by molar-refractivity contribution is 6.13. The van der Waals surface area contributed by atoms with Crippen molar-refractivity contribution in [2.24, 2.45) is 0 Å². The molecule has 0 radical (unpaired) electrons. The van der Waals surface area contributed by atoms with E-state index in [2.05, 4.69) is 34.4 Å². The van der Waals surface area contributed by atoms with E-state index in [1.165, 1.54) is 51.2 Å². The lowest BCUT2D eigenvalue weighted by Crippen LogP contribution is -2.26. The molecular formula is C51H48N4O10. The van der Waals surface area contributed by atoms with Gasteiger partial charge in [0.05, 0.1) is 22.3 Å². The summed E-state index contributed by atoms with van der Waals surface area (Å²) in [6.07, 6.45) is 0. The average molecular weight is 877 g/mol. The first-order valence-electron chi connectivity index (χ1n) is 20.2. The summed E-state index contributed by atoms with van der Waals surface area (Å²) < 4.78 is 10.5. The Morgan fingerprint density at radius 3 is 1.38 bits per heavy atom. The summed E-state index contributed by atoms with van der Waals surface area (Å²) in [6.45, 7) is 14.4. The van der Waals surface area contributed by atoms with Crippen molar-refractivity contribution in [1.29, 1.82) is 0 Å². The van der Waals surface area contributed by atoms with Crippen LogP contribution in [-0.4, -0.2) is 67.4 Å². The van der Waals surface area contributed by atoms with Crippen LogP contribution in [0.5, 0.6) is 0 Å². The standard InChI is InChI=1S/C51H48N4O10/c1-29(2)43(56)27-64-49(62)39-21-15-34(25-41(39)47(60)52-8)51(6,7)35-16-22-40(50(63)65-28-44(57)30(3)4)42(26-35)48(61)55-38-14-10-13-33(24-38)46(59)54-37-19-17-36(18-20-37)53-45(58)32-12-9-11-31(5)23-32/h9-26H,1,3,27-28H2,2,4-8H3,(H,52,60)(H,53,58)(H,54,59)(H,55,61). The molecule has 0 heterocycles. The molecule has 0 aliphatic rings. The minimum atomic E-state index is -0.989. The van der Waals surface area contributed by atoms with Gasteiger partial charge in [0.15, 0.2) is 24.8 Å². The molecule has 0 bridgehead atoms. The summed E-state index contributed by atoms with van der Waals surface area (Å²) in [7, 11) is 1.39. The lowest BCUT2D eigenvalue weighted by molar-refractivity contribution is -0.119. The number of ether oxygens (including phenoxy) is 2. The quantitative estimate of drug-likeness (QED) is 0.0523. The van der Waals surface area contributed by atoms with Gasteiger partial charge < -0.3 is 30.7 Å². The number of aryl methyl sites for hydroxylation is 1. The molecule has 0 saturated carbocycles. The first kappa shape index (κ1) is 47.8. The highest BCUT2D eigenvalue weighted by Gasteiger charge is 2.30. The predicted octanol–water partition coefficient (Wildman–Crippen LogP) is 8.04. The minimum Gasteiger partial charge on any atom is -0.454 e. The van der Waals surface area contributed by atoms with Crippen molar-refractivity contribution in [2.45, 2.75) is 40.0 Å². The zero-order chi connectivity index (χ0) is 47.6. The van der Waals surface area contributed by atoms with Crippen LogP contribution in [0.2, 0.25) is 0 Å². The van der Waals surface area contributed by atoms with Crippen LogP contribution >= 0.6 is 0 Å². The molecule has 5 rings (SSSR count). The van der Waals surface area contributed by atoms with Crippen LogP contribution in [0.1, 0.15) is 107 Å². The zero-order valence-electron chi connectivity index (χ0n) is 36.8. The first-order chi connectivity index (χ1) is 30.8. The van der Waals surface area contributed by atoms with Gasteiger partial charge in [-0.25, -0.2) is 9.59 Å². The van der Waals surface area contributed by atoms with E-state index in [-0.39, 0.29) is 50.6 Å². The third kappa shape index (κ3) is 12.0. The molecule has 65 heavy (non-hydrogen) atoms. The Labute approximate surface area is 376 Å². The molecule has 332 valence electrons. The Balaban J connectivity index is 1.40. The Kier molecular flexibility index (Phi) is 15.2. The molecule has 0 aliphatic heterocycles. The van der Waals surface area contributed by atoms with Crippen molar-refractivity contribution in [2.75, 3.05) is 36.2 Å². The SMILES string of the molecule is C=C(C)C(=O)COC(=O)c1ccc(C(C)(C)c2ccc(C(=O)OCC(=O)C(=C)C)c(C(=O)Nc3cccc(C(=O)Nc4ccc(NC(=O)c5cccc(C)c5)cc4)c3)c2)cc1C(=O)NC. The number of nitrogens with one attached hydrogen (secondary N) is 4. The molecule has 14 nitrogen and oxygen atoms in total. The lowest BCUT2D eigenvalue weighted by Gasteiger charge is -2.28. The molecule has 5 aromatic rings. The van der Waals surface area contributed by atoms with Crippen LogP contribution in [0, 0.1) is 6.92 Å². The number of rotatable bonds is 17. The summed E-state index contributed by atoms with van der Waals surface area (Å²) in [4.78, 5) is 104. The number of hydrogen-bond donors (Lipinski definition) is 4. The van der Waals surface area contributed by atoms with E-state index in [1.807, 2.05) is 13.0 Å². The predicted molar refractivity (Wildman–Crippen MR) is 247 cm³/mol. The van der Waals surface area contributed by atoms with Gasteiger partial charge in [-0.3, -0.25) is 28.8 Å². The molecule has 5 aromatic carbocycles. The smallest absolute Gasteiger partial charge is 0.339 e. The molecule has 0 spiro atoms. The third-order valence-corrected chi connectivity index (χ3v) is 10.3. The molecule has 0 atom stereocenters. The lowest BCUT2D eigenvalue weighted by atomic mass is 9.76. The van der Waals surface area contributed by atoms with Crippen LogP contribution in [0.4, 0.5) is 17.1 Å². The summed E-state index contributed by atoms with van der Waals surface area (Å²) >= 11 is 0. The molecule has 0 unspecified atom stereocenters. The topological polar surface area (TPSA) is 203 Å². The molecule has 0 aliphatic carbocycles. The number of benzene rings is 5. The van der Waals surface area contributed by atoms with Crippen molar-refractivity contribution in [3.05, 3.63) is 184 Å². The van der Waals surface area contributed by atoms with Gasteiger partial charge in [0.2, 0.25) is 0 Å². The van der Waals surface area contributed by atoms with Crippen molar-refractivity contribution in [1.82, 2.24) is 5.32 Å². The van der Waals surface area contributed by atoms with E-state index < -0.39 is 59.9 Å². The maximum atomic E-state index is 14.2. The molecule has 0 saturated heterocycles. The van der Waals surface area contributed by atoms with E-state index in [1.54, 1.807) is 86.6 Å². The van der Waals surface area contributed by atoms with E-state index in [0.29, 0.717) is 28.1 Å².